The van der Waals surface area contributed by atoms with Crippen molar-refractivity contribution >= 4 is 18.1 Å². The van der Waals surface area contributed by atoms with E-state index < -0.39 is 0 Å². The molecule has 0 amide bonds. The zero-order valence-corrected chi connectivity index (χ0v) is 8.91. The number of hydrogen-bond acceptors (Lipinski definition) is 2. The van der Waals surface area contributed by atoms with Gasteiger partial charge in [0.25, 0.3) is 0 Å². The third kappa shape index (κ3) is 3.18. The van der Waals surface area contributed by atoms with Crippen molar-refractivity contribution in [1.29, 1.82) is 0 Å². The summed E-state index contributed by atoms with van der Waals surface area (Å²) in [5, 5.41) is 0. The Balaban J connectivity index is 0.00000112. The second-order valence-electron chi connectivity index (χ2n) is 2.99. The van der Waals surface area contributed by atoms with Gasteiger partial charge in [-0.3, -0.25) is 0 Å². The molecule has 0 unspecified atom stereocenters. The van der Waals surface area contributed by atoms with Gasteiger partial charge in [0.05, 0.1) is 0 Å². The van der Waals surface area contributed by atoms with Crippen LogP contribution in [-0.2, 0) is 0 Å². The highest BCUT2D eigenvalue weighted by Crippen LogP contribution is 2.22. The maximum atomic E-state index is 5.63. The number of hydrogen-bond donors (Lipinski definition) is 1. The molecule has 78 valence electrons. The fourth-order valence-corrected chi connectivity index (χ4v) is 1.20. The monoisotopic (exact) mass is 221 g/mol. The summed E-state index contributed by atoms with van der Waals surface area (Å²) >= 11 is 0. The van der Waals surface area contributed by atoms with Gasteiger partial charge in [0.15, 0.2) is 0 Å². The quantitative estimate of drug-likeness (QED) is 0.788. The van der Waals surface area contributed by atoms with Crippen molar-refractivity contribution in [2.75, 3.05) is 5.73 Å². The minimum Gasteiger partial charge on any atom is -0.457 e. The zero-order valence-electron chi connectivity index (χ0n) is 8.09. The number of benzene rings is 2. The fraction of sp³-hybridized carbons (Fsp3) is 0. The zero-order chi connectivity index (χ0) is 9.80. The topological polar surface area (TPSA) is 35.2 Å². The van der Waals surface area contributed by atoms with Crippen LogP contribution in [0.1, 0.15) is 0 Å². The van der Waals surface area contributed by atoms with Gasteiger partial charge in [-0.15, -0.1) is 12.4 Å². The number of para-hydroxylation sites is 1. The first-order valence-electron chi connectivity index (χ1n) is 4.43. The molecular weight excluding hydrogens is 210 g/mol. The van der Waals surface area contributed by atoms with Gasteiger partial charge in [-0.25, -0.2) is 0 Å². The van der Waals surface area contributed by atoms with Crippen molar-refractivity contribution in [2.24, 2.45) is 0 Å². The standard InChI is InChI=1S/C12H11NO.ClH/c13-10-5-4-8-12(9-10)14-11-6-2-1-3-7-11;/h1-9H,13H2;1H. The molecule has 2 rings (SSSR count). The van der Waals surface area contributed by atoms with Crippen molar-refractivity contribution in [3.05, 3.63) is 54.6 Å². The van der Waals surface area contributed by atoms with Crippen LogP contribution in [0.4, 0.5) is 5.69 Å². The molecular formula is C12H12ClNO. The molecule has 0 spiro atoms. The van der Waals surface area contributed by atoms with Crippen molar-refractivity contribution in [3.8, 4) is 11.5 Å². The lowest BCUT2D eigenvalue weighted by atomic mass is 10.3. The van der Waals surface area contributed by atoms with Crippen LogP contribution < -0.4 is 10.5 Å². The molecule has 0 heterocycles. The maximum absolute atomic E-state index is 5.63. The highest BCUT2D eigenvalue weighted by atomic mass is 35.5. The average molecular weight is 222 g/mol. The Bertz CT molecular complexity index is 417. The fourth-order valence-electron chi connectivity index (χ4n) is 1.20. The van der Waals surface area contributed by atoms with E-state index in [9.17, 15) is 0 Å². The van der Waals surface area contributed by atoms with Crippen molar-refractivity contribution < 1.29 is 4.74 Å². The second-order valence-corrected chi connectivity index (χ2v) is 2.99. The van der Waals surface area contributed by atoms with E-state index in [2.05, 4.69) is 0 Å². The van der Waals surface area contributed by atoms with E-state index in [0.717, 1.165) is 11.5 Å². The molecule has 0 atom stereocenters. The first kappa shape index (κ1) is 11.4. The normalized spacial score (nSPS) is 9.07. The van der Waals surface area contributed by atoms with Gasteiger partial charge >= 0.3 is 0 Å². The number of ether oxygens (including phenoxy) is 1. The van der Waals surface area contributed by atoms with Crippen LogP contribution >= 0.6 is 12.4 Å². The summed E-state index contributed by atoms with van der Waals surface area (Å²) in [5.41, 5.74) is 6.34. The number of halogens is 1. The molecule has 0 saturated heterocycles. The van der Waals surface area contributed by atoms with Crippen molar-refractivity contribution in [2.45, 2.75) is 0 Å². The summed E-state index contributed by atoms with van der Waals surface area (Å²) in [6.45, 7) is 0. The van der Waals surface area contributed by atoms with Crippen LogP contribution in [0.3, 0.4) is 0 Å². The van der Waals surface area contributed by atoms with Gasteiger partial charge in [-0.05, 0) is 24.3 Å². The third-order valence-electron chi connectivity index (χ3n) is 1.84. The lowest BCUT2D eigenvalue weighted by Gasteiger charge is -2.05. The minimum absolute atomic E-state index is 0. The molecule has 3 heteroatoms. The Labute approximate surface area is 95.1 Å². The predicted molar refractivity (Wildman–Crippen MR) is 64.6 cm³/mol. The molecule has 0 radical (unpaired) electrons. The molecule has 0 bridgehead atoms. The third-order valence-corrected chi connectivity index (χ3v) is 1.84. The number of anilines is 1. The molecule has 0 fully saturated rings. The first-order valence-corrected chi connectivity index (χ1v) is 4.43. The molecule has 2 N–H and O–H groups in total. The number of rotatable bonds is 2. The van der Waals surface area contributed by atoms with E-state index >= 15 is 0 Å². The van der Waals surface area contributed by atoms with E-state index in [1.54, 1.807) is 6.07 Å². The van der Waals surface area contributed by atoms with Crippen LogP contribution in [0.25, 0.3) is 0 Å². The smallest absolute Gasteiger partial charge is 0.129 e. The summed E-state index contributed by atoms with van der Waals surface area (Å²) in [6, 6.07) is 17.0. The van der Waals surface area contributed by atoms with Crippen LogP contribution in [0.5, 0.6) is 11.5 Å². The average Bonchev–Trinajstić information content (AvgIpc) is 2.19. The summed E-state index contributed by atoms with van der Waals surface area (Å²) in [7, 11) is 0. The van der Waals surface area contributed by atoms with Gasteiger partial charge in [0.2, 0.25) is 0 Å². The molecule has 15 heavy (non-hydrogen) atoms. The highest BCUT2D eigenvalue weighted by molar-refractivity contribution is 5.85. The van der Waals surface area contributed by atoms with Gasteiger partial charge in [-0.1, -0.05) is 24.3 Å². The van der Waals surface area contributed by atoms with Gasteiger partial charge < -0.3 is 10.5 Å². The predicted octanol–water partition coefficient (Wildman–Crippen LogP) is 3.48. The Kier molecular flexibility index (Phi) is 4.01. The SMILES string of the molecule is Cl.Nc1cccc(Oc2ccccc2)c1. The number of nitrogen functional groups attached to an aromatic ring is 1. The van der Waals surface area contributed by atoms with E-state index in [4.69, 9.17) is 10.5 Å². The van der Waals surface area contributed by atoms with Crippen molar-refractivity contribution in [1.82, 2.24) is 0 Å². The van der Waals surface area contributed by atoms with Gasteiger partial charge in [0.1, 0.15) is 11.5 Å². The van der Waals surface area contributed by atoms with Crippen LogP contribution in [-0.4, -0.2) is 0 Å². The number of nitrogens with two attached hydrogens (primary N) is 1. The Morgan fingerprint density at radius 3 is 2.13 bits per heavy atom. The Morgan fingerprint density at radius 1 is 0.800 bits per heavy atom. The van der Waals surface area contributed by atoms with Crippen LogP contribution in [0.15, 0.2) is 54.6 Å². The minimum atomic E-state index is 0. The molecule has 0 aliphatic carbocycles. The highest BCUT2D eigenvalue weighted by Gasteiger charge is 1.95. The van der Waals surface area contributed by atoms with Crippen molar-refractivity contribution in [3.63, 3.8) is 0 Å². The Hall–Kier alpha value is -1.67. The molecule has 0 aliphatic rings. The Morgan fingerprint density at radius 2 is 1.47 bits per heavy atom. The molecule has 0 aromatic heterocycles. The summed E-state index contributed by atoms with van der Waals surface area (Å²) in [5.74, 6) is 1.58. The maximum Gasteiger partial charge on any atom is 0.129 e. The molecule has 2 aromatic rings. The molecule has 0 aliphatic heterocycles. The lowest BCUT2D eigenvalue weighted by molar-refractivity contribution is 0.483. The van der Waals surface area contributed by atoms with Gasteiger partial charge in [-0.2, -0.15) is 0 Å². The molecule has 0 saturated carbocycles. The lowest BCUT2D eigenvalue weighted by Crippen LogP contribution is -1.86. The summed E-state index contributed by atoms with van der Waals surface area (Å²) in [4.78, 5) is 0. The summed E-state index contributed by atoms with van der Waals surface area (Å²) in [6.07, 6.45) is 0. The first-order chi connectivity index (χ1) is 6.84. The van der Waals surface area contributed by atoms with Gasteiger partial charge in [0, 0.05) is 11.8 Å². The van der Waals surface area contributed by atoms with E-state index in [1.165, 1.54) is 0 Å². The summed E-state index contributed by atoms with van der Waals surface area (Å²) < 4.78 is 5.58. The van der Waals surface area contributed by atoms with Crippen LogP contribution in [0, 0.1) is 0 Å². The largest absolute Gasteiger partial charge is 0.457 e. The van der Waals surface area contributed by atoms with E-state index in [-0.39, 0.29) is 12.4 Å². The van der Waals surface area contributed by atoms with Crippen LogP contribution in [0.2, 0.25) is 0 Å². The second kappa shape index (κ2) is 5.27. The van der Waals surface area contributed by atoms with E-state index in [0.29, 0.717) is 5.69 Å². The van der Waals surface area contributed by atoms with E-state index in [1.807, 2.05) is 48.5 Å². The molecule has 2 nitrogen and oxygen atoms in total. The molecule has 2 aromatic carbocycles.